The van der Waals surface area contributed by atoms with Crippen molar-refractivity contribution in [2.24, 2.45) is 0 Å². The summed E-state index contributed by atoms with van der Waals surface area (Å²) in [5, 5.41) is 8.81. The maximum atomic E-state index is 13.1. The normalized spacial score (nSPS) is 18.9. The van der Waals surface area contributed by atoms with Crippen LogP contribution in [0.4, 0.5) is 0 Å². The number of carboxylic acid groups (broad SMARTS) is 1. The highest BCUT2D eigenvalue weighted by Crippen LogP contribution is 2.31. The van der Waals surface area contributed by atoms with Gasteiger partial charge in [0, 0.05) is 12.1 Å². The van der Waals surface area contributed by atoms with E-state index in [1.807, 2.05) is 44.2 Å². The van der Waals surface area contributed by atoms with E-state index in [0.29, 0.717) is 36.8 Å². The zero-order valence-electron chi connectivity index (χ0n) is 16.5. The molecule has 1 aliphatic rings. The van der Waals surface area contributed by atoms with Crippen LogP contribution in [0.5, 0.6) is 11.5 Å². The number of rotatable bonds is 7. The smallest absolute Gasteiger partial charge is 0.341 e. The van der Waals surface area contributed by atoms with Gasteiger partial charge in [0.1, 0.15) is 6.10 Å². The van der Waals surface area contributed by atoms with Crippen molar-refractivity contribution < 1.29 is 28.9 Å². The molecule has 3 rings (SSSR count). The summed E-state index contributed by atoms with van der Waals surface area (Å²) in [6.07, 6.45) is -0.282. The molecule has 1 saturated heterocycles. The summed E-state index contributed by atoms with van der Waals surface area (Å²) in [7, 11) is 0. The van der Waals surface area contributed by atoms with Crippen LogP contribution in [0.2, 0.25) is 0 Å². The van der Waals surface area contributed by atoms with Crippen LogP contribution in [-0.2, 0) is 9.53 Å². The van der Waals surface area contributed by atoms with Crippen LogP contribution in [0, 0.1) is 0 Å². The maximum absolute atomic E-state index is 13.1. The number of amides is 1. The highest BCUT2D eigenvalue weighted by atomic mass is 16.5. The molecule has 0 aromatic heterocycles. The van der Waals surface area contributed by atoms with Gasteiger partial charge in [0.2, 0.25) is 0 Å². The lowest BCUT2D eigenvalue weighted by Crippen LogP contribution is -2.46. The van der Waals surface area contributed by atoms with Gasteiger partial charge in [-0.25, -0.2) is 4.79 Å². The molecule has 0 radical (unpaired) electrons. The third-order valence-electron chi connectivity index (χ3n) is 4.56. The molecule has 1 aliphatic heterocycles. The lowest BCUT2D eigenvalue weighted by atomic mass is 10.1. The van der Waals surface area contributed by atoms with Gasteiger partial charge in [0.15, 0.2) is 18.1 Å². The van der Waals surface area contributed by atoms with Gasteiger partial charge >= 0.3 is 5.97 Å². The summed E-state index contributed by atoms with van der Waals surface area (Å²) in [6, 6.07) is 14.6. The fraction of sp³-hybridized carbons (Fsp3) is 0.364. The van der Waals surface area contributed by atoms with E-state index in [-0.39, 0.29) is 18.1 Å². The first-order valence-corrected chi connectivity index (χ1v) is 9.59. The van der Waals surface area contributed by atoms with Crippen molar-refractivity contribution in [3.63, 3.8) is 0 Å². The van der Waals surface area contributed by atoms with Crippen molar-refractivity contribution in [2.45, 2.75) is 26.1 Å². The van der Waals surface area contributed by atoms with Gasteiger partial charge in [-0.3, -0.25) is 4.79 Å². The van der Waals surface area contributed by atoms with Crippen LogP contribution in [0.25, 0.3) is 0 Å². The number of morpholine rings is 1. The average Bonchev–Trinajstić information content (AvgIpc) is 2.72. The van der Waals surface area contributed by atoms with Gasteiger partial charge < -0.3 is 24.2 Å². The lowest BCUT2D eigenvalue weighted by Gasteiger charge is -2.37. The fourth-order valence-electron chi connectivity index (χ4n) is 3.32. The summed E-state index contributed by atoms with van der Waals surface area (Å²) in [4.78, 5) is 25.7. The monoisotopic (exact) mass is 399 g/mol. The summed E-state index contributed by atoms with van der Waals surface area (Å²) in [6.45, 7) is 4.59. The van der Waals surface area contributed by atoms with E-state index < -0.39 is 12.6 Å². The molecule has 0 unspecified atom stereocenters. The second-order valence-corrected chi connectivity index (χ2v) is 6.83. The minimum atomic E-state index is -1.08. The molecule has 7 nitrogen and oxygen atoms in total. The lowest BCUT2D eigenvalue weighted by molar-refractivity contribution is -0.139. The summed E-state index contributed by atoms with van der Waals surface area (Å²) in [5.41, 5.74) is 1.49. The van der Waals surface area contributed by atoms with Gasteiger partial charge in [-0.05, 0) is 37.6 Å². The first kappa shape index (κ1) is 20.7. The molecular weight excluding hydrogens is 374 g/mol. The molecular formula is C22H25NO6. The molecule has 7 heteroatoms. The summed E-state index contributed by atoms with van der Waals surface area (Å²) in [5.74, 6) is -0.572. The molecule has 0 aliphatic carbocycles. The van der Waals surface area contributed by atoms with E-state index >= 15 is 0 Å². The Balaban J connectivity index is 1.79. The van der Waals surface area contributed by atoms with Crippen LogP contribution < -0.4 is 9.47 Å². The molecule has 0 spiro atoms. The molecule has 2 aromatic carbocycles. The number of hydrogen-bond donors (Lipinski definition) is 1. The minimum Gasteiger partial charge on any atom is -0.490 e. The maximum Gasteiger partial charge on any atom is 0.341 e. The molecule has 1 fully saturated rings. The molecule has 2 atom stereocenters. The molecule has 1 N–H and O–H groups in total. The van der Waals surface area contributed by atoms with Gasteiger partial charge in [0.05, 0.1) is 19.3 Å². The molecule has 1 heterocycles. The second-order valence-electron chi connectivity index (χ2n) is 6.83. The molecule has 1 amide bonds. The molecule has 2 aromatic rings. The Morgan fingerprint density at radius 3 is 2.55 bits per heavy atom. The van der Waals surface area contributed by atoms with E-state index in [9.17, 15) is 9.59 Å². The largest absolute Gasteiger partial charge is 0.490 e. The Morgan fingerprint density at radius 1 is 1.10 bits per heavy atom. The predicted octanol–water partition coefficient (Wildman–Crippen LogP) is 3.15. The zero-order valence-corrected chi connectivity index (χ0v) is 16.5. The first-order chi connectivity index (χ1) is 14.0. The quantitative estimate of drug-likeness (QED) is 0.770. The zero-order chi connectivity index (χ0) is 20.8. The average molecular weight is 399 g/mol. The Hall–Kier alpha value is -3.06. The Bertz CT molecular complexity index is 854. The number of aliphatic carboxylic acids is 1. The number of carboxylic acids is 1. The van der Waals surface area contributed by atoms with E-state index in [2.05, 4.69) is 0 Å². The number of hydrogen-bond acceptors (Lipinski definition) is 5. The Labute approximate surface area is 169 Å². The van der Waals surface area contributed by atoms with Crippen LogP contribution in [0.15, 0.2) is 48.5 Å². The van der Waals surface area contributed by atoms with Crippen molar-refractivity contribution in [1.29, 1.82) is 0 Å². The van der Waals surface area contributed by atoms with Crippen LogP contribution in [0.1, 0.15) is 35.9 Å². The van der Waals surface area contributed by atoms with Crippen molar-refractivity contribution in [3.05, 3.63) is 59.7 Å². The fourth-order valence-corrected chi connectivity index (χ4v) is 3.32. The topological polar surface area (TPSA) is 85.3 Å². The SMILES string of the molecule is CCOc1cc(C(=O)N2C[C@@H](C)O[C@H](c3ccccc3)C2)ccc1OCC(=O)O. The highest BCUT2D eigenvalue weighted by Gasteiger charge is 2.30. The number of carbonyl (C=O) groups is 2. The number of carbonyl (C=O) groups excluding carboxylic acids is 1. The van der Waals surface area contributed by atoms with E-state index in [1.165, 1.54) is 0 Å². The van der Waals surface area contributed by atoms with Crippen LogP contribution in [0.3, 0.4) is 0 Å². The van der Waals surface area contributed by atoms with Gasteiger partial charge in [-0.2, -0.15) is 0 Å². The van der Waals surface area contributed by atoms with Gasteiger partial charge in [-0.1, -0.05) is 30.3 Å². The standard InChI is InChI=1S/C22H25NO6/c1-3-27-19-11-17(9-10-18(19)28-14-21(24)25)22(26)23-12-15(2)29-20(13-23)16-7-5-4-6-8-16/h4-11,15,20H,3,12-14H2,1-2H3,(H,24,25)/t15-,20+/m1/s1. The van der Waals surface area contributed by atoms with Gasteiger partial charge in [0.25, 0.3) is 5.91 Å². The second kappa shape index (κ2) is 9.43. The molecule has 0 bridgehead atoms. The Morgan fingerprint density at radius 2 is 1.86 bits per heavy atom. The molecule has 0 saturated carbocycles. The van der Waals surface area contributed by atoms with Gasteiger partial charge in [-0.15, -0.1) is 0 Å². The number of nitrogens with zero attached hydrogens (tertiary/aromatic N) is 1. The third-order valence-corrected chi connectivity index (χ3v) is 4.56. The van der Waals surface area contributed by atoms with Crippen molar-refractivity contribution in [2.75, 3.05) is 26.3 Å². The number of ether oxygens (including phenoxy) is 3. The third kappa shape index (κ3) is 5.26. The van der Waals surface area contributed by atoms with Crippen molar-refractivity contribution in [1.82, 2.24) is 4.90 Å². The highest BCUT2D eigenvalue weighted by molar-refractivity contribution is 5.95. The predicted molar refractivity (Wildman–Crippen MR) is 106 cm³/mol. The van der Waals surface area contributed by atoms with Crippen LogP contribution >= 0.6 is 0 Å². The van der Waals surface area contributed by atoms with E-state index in [1.54, 1.807) is 23.1 Å². The Kier molecular flexibility index (Phi) is 6.72. The summed E-state index contributed by atoms with van der Waals surface area (Å²) < 4.78 is 16.8. The van der Waals surface area contributed by atoms with Crippen molar-refractivity contribution in [3.8, 4) is 11.5 Å². The molecule has 154 valence electrons. The van der Waals surface area contributed by atoms with E-state index in [4.69, 9.17) is 19.3 Å². The summed E-state index contributed by atoms with van der Waals surface area (Å²) >= 11 is 0. The first-order valence-electron chi connectivity index (χ1n) is 9.59. The van der Waals surface area contributed by atoms with Crippen LogP contribution in [-0.4, -0.2) is 54.3 Å². The van der Waals surface area contributed by atoms with Crippen molar-refractivity contribution >= 4 is 11.9 Å². The number of benzene rings is 2. The minimum absolute atomic E-state index is 0.0950. The molecule has 29 heavy (non-hydrogen) atoms. The van der Waals surface area contributed by atoms with E-state index in [0.717, 1.165) is 5.56 Å².